The highest BCUT2D eigenvalue weighted by molar-refractivity contribution is 7.80. The van der Waals surface area contributed by atoms with E-state index in [1.165, 1.54) is 27.8 Å². The highest BCUT2D eigenvalue weighted by Gasteiger charge is 1.99. The third-order valence-electron chi connectivity index (χ3n) is 2.06. The predicted octanol–water partition coefficient (Wildman–Crippen LogP) is 3.76. The number of thiophene rings is 1. The lowest BCUT2D eigenvalue weighted by molar-refractivity contribution is 0.956. The second kappa shape index (κ2) is 4.16. The summed E-state index contributed by atoms with van der Waals surface area (Å²) in [4.78, 5) is 1.48. The van der Waals surface area contributed by atoms with Crippen molar-refractivity contribution in [1.82, 2.24) is 0 Å². The van der Waals surface area contributed by atoms with Crippen LogP contribution in [-0.4, -0.2) is 5.75 Å². The fraction of sp³-hybridized carbons (Fsp3) is 0.273. The van der Waals surface area contributed by atoms with E-state index in [1.807, 2.05) is 11.3 Å². The largest absolute Gasteiger partial charge is 0.179 e. The van der Waals surface area contributed by atoms with Gasteiger partial charge in [0.15, 0.2) is 0 Å². The van der Waals surface area contributed by atoms with Gasteiger partial charge < -0.3 is 0 Å². The molecule has 1 heterocycles. The van der Waals surface area contributed by atoms with Crippen molar-refractivity contribution in [1.29, 1.82) is 0 Å². The number of hydrogen-bond donors (Lipinski definition) is 1. The van der Waals surface area contributed by atoms with E-state index in [0.29, 0.717) is 0 Å². The number of rotatable bonds is 3. The zero-order chi connectivity index (χ0) is 9.10. The van der Waals surface area contributed by atoms with E-state index in [4.69, 9.17) is 0 Å². The van der Waals surface area contributed by atoms with Gasteiger partial charge in [0, 0.05) is 9.58 Å². The van der Waals surface area contributed by atoms with Crippen molar-refractivity contribution in [2.75, 3.05) is 5.75 Å². The molecule has 0 nitrogen and oxygen atoms in total. The first-order valence-electron chi connectivity index (χ1n) is 4.48. The molecule has 2 aromatic rings. The second-order valence-corrected chi connectivity index (χ2v) is 4.69. The summed E-state index contributed by atoms with van der Waals surface area (Å²) in [6.45, 7) is 0. The highest BCUT2D eigenvalue weighted by atomic mass is 32.1. The van der Waals surface area contributed by atoms with Crippen molar-refractivity contribution < 1.29 is 0 Å². The van der Waals surface area contributed by atoms with Gasteiger partial charge >= 0.3 is 0 Å². The van der Waals surface area contributed by atoms with Crippen LogP contribution in [0.15, 0.2) is 30.3 Å². The molecule has 1 aromatic carbocycles. The van der Waals surface area contributed by atoms with Crippen LogP contribution in [0.1, 0.15) is 11.3 Å². The Morgan fingerprint density at radius 1 is 1.23 bits per heavy atom. The predicted molar refractivity (Wildman–Crippen MR) is 64.0 cm³/mol. The van der Waals surface area contributed by atoms with Crippen LogP contribution in [0.2, 0.25) is 0 Å². The summed E-state index contributed by atoms with van der Waals surface area (Å²) in [5.41, 5.74) is 0. The van der Waals surface area contributed by atoms with Crippen molar-refractivity contribution in [2.45, 2.75) is 12.8 Å². The molecule has 0 amide bonds. The molecule has 68 valence electrons. The molecule has 13 heavy (non-hydrogen) atoms. The number of benzene rings is 1. The lowest BCUT2D eigenvalue weighted by Crippen LogP contribution is -1.79. The molecular formula is C11H12S2. The van der Waals surface area contributed by atoms with Crippen molar-refractivity contribution >= 4 is 34.1 Å². The van der Waals surface area contributed by atoms with Gasteiger partial charge in [0.05, 0.1) is 0 Å². The summed E-state index contributed by atoms with van der Waals surface area (Å²) in [5.74, 6) is 0.980. The second-order valence-electron chi connectivity index (χ2n) is 3.08. The van der Waals surface area contributed by atoms with E-state index in [2.05, 4.69) is 43.0 Å². The number of fused-ring (bicyclic) bond motifs is 1. The molecule has 0 spiro atoms. The molecular weight excluding hydrogens is 196 g/mol. The molecule has 0 radical (unpaired) electrons. The first-order chi connectivity index (χ1) is 6.40. The van der Waals surface area contributed by atoms with Crippen LogP contribution in [0.3, 0.4) is 0 Å². The molecule has 0 fully saturated rings. The molecule has 1 aromatic heterocycles. The summed E-state index contributed by atoms with van der Waals surface area (Å²) in [6, 6.07) is 10.8. The molecule has 0 aliphatic carbocycles. The first kappa shape index (κ1) is 9.10. The molecule has 0 saturated heterocycles. The van der Waals surface area contributed by atoms with Crippen LogP contribution in [0, 0.1) is 0 Å². The smallest absolute Gasteiger partial charge is 0.0345 e. The number of thiol groups is 1. The maximum atomic E-state index is 4.22. The Labute approximate surface area is 88.0 Å². The van der Waals surface area contributed by atoms with Crippen LogP contribution in [0.25, 0.3) is 10.1 Å². The standard InChI is InChI=1S/C11H12S2/c12-7-3-5-10-8-9-4-1-2-6-11(9)13-10/h1-2,4,6,8,12H,3,5,7H2. The molecule has 0 aliphatic heterocycles. The Morgan fingerprint density at radius 2 is 2.08 bits per heavy atom. The quantitative estimate of drug-likeness (QED) is 0.729. The Morgan fingerprint density at radius 3 is 2.85 bits per heavy atom. The van der Waals surface area contributed by atoms with E-state index < -0.39 is 0 Å². The minimum absolute atomic E-state index is 0.980. The maximum Gasteiger partial charge on any atom is 0.0345 e. The Hall–Kier alpha value is -0.470. The van der Waals surface area contributed by atoms with E-state index in [-0.39, 0.29) is 0 Å². The molecule has 0 bridgehead atoms. The van der Waals surface area contributed by atoms with Gasteiger partial charge in [-0.05, 0) is 36.1 Å². The summed E-state index contributed by atoms with van der Waals surface area (Å²) >= 11 is 6.12. The van der Waals surface area contributed by atoms with Crippen LogP contribution in [0.5, 0.6) is 0 Å². The molecule has 0 aliphatic rings. The van der Waals surface area contributed by atoms with Crippen LogP contribution in [0.4, 0.5) is 0 Å². The van der Waals surface area contributed by atoms with E-state index in [9.17, 15) is 0 Å². The summed E-state index contributed by atoms with van der Waals surface area (Å²) in [5, 5.41) is 1.38. The fourth-order valence-corrected chi connectivity index (χ4v) is 2.68. The van der Waals surface area contributed by atoms with E-state index in [0.717, 1.165) is 5.75 Å². The lowest BCUT2D eigenvalue weighted by atomic mass is 10.2. The molecule has 2 heteroatoms. The SMILES string of the molecule is SCCCc1cc2ccccc2s1. The molecule has 0 unspecified atom stereocenters. The lowest BCUT2D eigenvalue weighted by Gasteiger charge is -1.90. The van der Waals surface area contributed by atoms with Crippen molar-refractivity contribution in [2.24, 2.45) is 0 Å². The molecule has 0 saturated carbocycles. The van der Waals surface area contributed by atoms with Gasteiger partial charge in [-0.15, -0.1) is 11.3 Å². The molecule has 2 rings (SSSR count). The average Bonchev–Trinajstić information content (AvgIpc) is 2.57. The number of aryl methyl sites for hydroxylation is 1. The topological polar surface area (TPSA) is 0 Å². The van der Waals surface area contributed by atoms with Crippen LogP contribution >= 0.6 is 24.0 Å². The zero-order valence-corrected chi connectivity index (χ0v) is 9.07. The third-order valence-corrected chi connectivity index (χ3v) is 3.55. The monoisotopic (exact) mass is 208 g/mol. The summed E-state index contributed by atoms with van der Waals surface area (Å²) in [6.07, 6.45) is 2.35. The van der Waals surface area contributed by atoms with Crippen molar-refractivity contribution in [3.8, 4) is 0 Å². The van der Waals surface area contributed by atoms with E-state index in [1.54, 1.807) is 0 Å². The van der Waals surface area contributed by atoms with Gasteiger partial charge in [0.2, 0.25) is 0 Å². The maximum absolute atomic E-state index is 4.22. The fourth-order valence-electron chi connectivity index (χ4n) is 1.41. The van der Waals surface area contributed by atoms with Gasteiger partial charge in [0.25, 0.3) is 0 Å². The summed E-state index contributed by atoms with van der Waals surface area (Å²) in [7, 11) is 0. The Kier molecular flexibility index (Phi) is 2.91. The average molecular weight is 208 g/mol. The van der Waals surface area contributed by atoms with Crippen molar-refractivity contribution in [3.63, 3.8) is 0 Å². The van der Waals surface area contributed by atoms with Crippen LogP contribution in [-0.2, 0) is 6.42 Å². The van der Waals surface area contributed by atoms with Crippen LogP contribution < -0.4 is 0 Å². The van der Waals surface area contributed by atoms with Gasteiger partial charge in [0.1, 0.15) is 0 Å². The van der Waals surface area contributed by atoms with Gasteiger partial charge in [-0.25, -0.2) is 0 Å². The minimum atomic E-state index is 0.980. The molecule has 0 atom stereocenters. The summed E-state index contributed by atoms with van der Waals surface area (Å²) < 4.78 is 1.40. The van der Waals surface area contributed by atoms with Crippen molar-refractivity contribution in [3.05, 3.63) is 35.2 Å². The number of hydrogen-bond acceptors (Lipinski definition) is 2. The normalized spacial score (nSPS) is 10.8. The highest BCUT2D eigenvalue weighted by Crippen LogP contribution is 2.25. The van der Waals surface area contributed by atoms with Gasteiger partial charge in [-0.2, -0.15) is 12.6 Å². The minimum Gasteiger partial charge on any atom is -0.179 e. The van der Waals surface area contributed by atoms with Gasteiger partial charge in [-0.1, -0.05) is 18.2 Å². The van der Waals surface area contributed by atoms with Gasteiger partial charge in [-0.3, -0.25) is 0 Å². The van der Waals surface area contributed by atoms with E-state index >= 15 is 0 Å². The molecule has 0 N–H and O–H groups in total. The first-order valence-corrected chi connectivity index (χ1v) is 5.93. The Balaban J connectivity index is 2.28. The Bertz CT molecular complexity index is 357. The third kappa shape index (κ3) is 2.06. The zero-order valence-electron chi connectivity index (χ0n) is 7.36.